The van der Waals surface area contributed by atoms with Crippen molar-refractivity contribution in [1.29, 1.82) is 0 Å². The summed E-state index contributed by atoms with van der Waals surface area (Å²) in [6.45, 7) is 2.97. The molecule has 1 aromatic heterocycles. The first-order valence-electron chi connectivity index (χ1n) is 11.7. The van der Waals surface area contributed by atoms with Crippen molar-refractivity contribution in [3.8, 4) is 0 Å². The normalized spacial score (nSPS) is 17.4. The second-order valence-corrected chi connectivity index (χ2v) is 9.71. The fraction of sp³-hybridized carbons (Fsp3) is 0.400. The standard InChI is InChI=1S/C21H25F3N4OS.C4H4O4/c1-27-9-10-28(13-14(27)6-5-11-29-2)19-15-12-18(21(22,23)24)30-20(15)26-17-8-4-3-7-16(17)25-19;5-3(6)1-2-4(7)8/h3-4,7-8,12,14,26H,5-6,9-11,13H2,1-2H3;1-2H,(H,5,6)(H,7,8)/t14-;/m0./s1. The molecular formula is C25H29F3N4O5S. The van der Waals surface area contributed by atoms with Crippen LogP contribution in [0.2, 0.25) is 0 Å². The molecule has 1 atom stereocenters. The quantitative estimate of drug-likeness (QED) is 0.349. The van der Waals surface area contributed by atoms with Crippen LogP contribution in [0, 0.1) is 0 Å². The van der Waals surface area contributed by atoms with E-state index >= 15 is 0 Å². The molecule has 2 aromatic rings. The minimum atomic E-state index is -4.38. The van der Waals surface area contributed by atoms with Crippen LogP contribution in [0.1, 0.15) is 23.3 Å². The molecule has 1 fully saturated rings. The number of aliphatic carboxylic acids is 2. The van der Waals surface area contributed by atoms with Crippen molar-refractivity contribution in [2.75, 3.05) is 45.7 Å². The first-order chi connectivity index (χ1) is 18.0. The van der Waals surface area contributed by atoms with Crippen molar-refractivity contribution in [3.05, 3.63) is 52.9 Å². The number of carboxylic acid groups (broad SMARTS) is 2. The van der Waals surface area contributed by atoms with Crippen molar-refractivity contribution < 1.29 is 37.7 Å². The van der Waals surface area contributed by atoms with Gasteiger partial charge in [0.2, 0.25) is 0 Å². The van der Waals surface area contributed by atoms with E-state index in [-0.39, 0.29) is 0 Å². The number of anilines is 2. The zero-order chi connectivity index (χ0) is 27.9. The Balaban J connectivity index is 0.000000436. The number of likely N-dealkylation sites (N-methyl/N-ethyl adjacent to an activating group) is 1. The van der Waals surface area contributed by atoms with Crippen LogP contribution in [0.3, 0.4) is 0 Å². The van der Waals surface area contributed by atoms with E-state index in [0.717, 1.165) is 55.2 Å². The van der Waals surface area contributed by atoms with Gasteiger partial charge >= 0.3 is 18.1 Å². The van der Waals surface area contributed by atoms with Gasteiger partial charge in [-0.3, -0.25) is 4.90 Å². The number of piperazine rings is 1. The molecule has 0 spiro atoms. The predicted molar refractivity (Wildman–Crippen MR) is 139 cm³/mol. The fourth-order valence-electron chi connectivity index (χ4n) is 4.06. The number of amidine groups is 1. The third-order valence-corrected chi connectivity index (χ3v) is 7.06. The fourth-order valence-corrected chi connectivity index (χ4v) is 4.99. The Kier molecular flexibility index (Phi) is 9.89. The number of fused-ring (bicyclic) bond motifs is 2. The van der Waals surface area contributed by atoms with Gasteiger partial charge in [0.05, 0.1) is 16.9 Å². The molecule has 0 aliphatic carbocycles. The maximum Gasteiger partial charge on any atom is 0.425 e. The van der Waals surface area contributed by atoms with Crippen LogP contribution in [0.4, 0.5) is 29.5 Å². The van der Waals surface area contributed by atoms with E-state index in [9.17, 15) is 22.8 Å². The summed E-state index contributed by atoms with van der Waals surface area (Å²) in [7, 11) is 3.79. The first-order valence-corrected chi connectivity index (χ1v) is 12.6. The molecule has 38 heavy (non-hydrogen) atoms. The van der Waals surface area contributed by atoms with Crippen LogP contribution in [-0.4, -0.2) is 84.2 Å². The number of nitrogens with zero attached hydrogens (tertiary/aromatic N) is 3. The smallest absolute Gasteiger partial charge is 0.425 e. The predicted octanol–water partition coefficient (Wildman–Crippen LogP) is 4.66. The molecule has 0 unspecified atom stereocenters. The van der Waals surface area contributed by atoms with Gasteiger partial charge in [-0.1, -0.05) is 12.1 Å². The number of carboxylic acids is 2. The van der Waals surface area contributed by atoms with Gasteiger partial charge in [-0.05, 0) is 38.1 Å². The molecule has 1 saturated heterocycles. The van der Waals surface area contributed by atoms with E-state index in [1.165, 1.54) is 6.07 Å². The molecule has 0 saturated carbocycles. The average Bonchev–Trinajstić information content (AvgIpc) is 3.21. The number of benzene rings is 1. The summed E-state index contributed by atoms with van der Waals surface area (Å²) in [5, 5.41) is 19.3. The Bertz CT molecular complexity index is 1180. The summed E-state index contributed by atoms with van der Waals surface area (Å²) in [6, 6.07) is 9.00. The number of ether oxygens (including phenoxy) is 1. The maximum absolute atomic E-state index is 13.4. The zero-order valence-corrected chi connectivity index (χ0v) is 21.7. The Labute approximate surface area is 221 Å². The molecule has 1 aromatic carbocycles. The van der Waals surface area contributed by atoms with Crippen molar-refractivity contribution in [2.45, 2.75) is 25.1 Å². The second-order valence-electron chi connectivity index (χ2n) is 8.65. The summed E-state index contributed by atoms with van der Waals surface area (Å²) in [4.78, 5) is 27.8. The molecule has 3 N–H and O–H groups in total. The third-order valence-electron chi connectivity index (χ3n) is 5.96. The van der Waals surface area contributed by atoms with Crippen LogP contribution < -0.4 is 5.32 Å². The topological polar surface area (TPSA) is 115 Å². The molecule has 0 amide bonds. The van der Waals surface area contributed by atoms with Crippen LogP contribution in [0.15, 0.2) is 47.5 Å². The number of carbonyl (C=O) groups is 2. The molecule has 2 aliphatic rings. The molecular weight excluding hydrogens is 525 g/mol. The van der Waals surface area contributed by atoms with Gasteiger partial charge in [0.1, 0.15) is 15.7 Å². The second kappa shape index (κ2) is 12.9. The summed E-state index contributed by atoms with van der Waals surface area (Å²) in [5.74, 6) is -1.90. The number of methoxy groups -OCH3 is 1. The number of para-hydroxylation sites is 2. The van der Waals surface area contributed by atoms with E-state index in [4.69, 9.17) is 19.9 Å². The van der Waals surface area contributed by atoms with Gasteiger partial charge in [0, 0.05) is 51.5 Å². The highest BCUT2D eigenvalue weighted by Gasteiger charge is 2.37. The molecule has 0 bridgehead atoms. The van der Waals surface area contributed by atoms with E-state index in [1.807, 2.05) is 24.3 Å². The van der Waals surface area contributed by atoms with Crippen LogP contribution >= 0.6 is 11.3 Å². The molecule has 13 heteroatoms. The third kappa shape index (κ3) is 7.79. The SMILES string of the molecule is COCCC[C@H]1CN(C2=Nc3ccccc3Nc3sc(C(F)(F)F)cc32)CCN1C.O=C(O)C=CC(=O)O. The van der Waals surface area contributed by atoms with Gasteiger partial charge in [-0.2, -0.15) is 13.2 Å². The van der Waals surface area contributed by atoms with E-state index in [2.05, 4.69) is 22.2 Å². The Hall–Kier alpha value is -3.42. The highest BCUT2D eigenvalue weighted by molar-refractivity contribution is 7.16. The van der Waals surface area contributed by atoms with E-state index in [1.54, 1.807) is 7.11 Å². The van der Waals surface area contributed by atoms with Crippen LogP contribution in [0.5, 0.6) is 0 Å². The largest absolute Gasteiger partial charge is 0.478 e. The number of aliphatic imine (C=N–C) groups is 1. The number of hydrogen-bond donors (Lipinski definition) is 3. The molecule has 4 rings (SSSR count). The zero-order valence-electron chi connectivity index (χ0n) is 20.9. The average molecular weight is 555 g/mol. The lowest BCUT2D eigenvalue weighted by atomic mass is 10.1. The van der Waals surface area contributed by atoms with Crippen molar-refractivity contribution in [3.63, 3.8) is 0 Å². The Morgan fingerprint density at radius 3 is 2.53 bits per heavy atom. The van der Waals surface area contributed by atoms with Crippen LogP contribution in [-0.2, 0) is 20.5 Å². The monoisotopic (exact) mass is 554 g/mol. The van der Waals surface area contributed by atoms with Crippen molar-refractivity contribution in [1.82, 2.24) is 9.80 Å². The molecule has 206 valence electrons. The van der Waals surface area contributed by atoms with Gasteiger partial charge in [-0.25, -0.2) is 14.6 Å². The maximum atomic E-state index is 13.4. The summed E-state index contributed by atoms with van der Waals surface area (Å²) >= 11 is 0.735. The Morgan fingerprint density at radius 1 is 1.21 bits per heavy atom. The van der Waals surface area contributed by atoms with Gasteiger partial charge in [0.15, 0.2) is 0 Å². The number of rotatable bonds is 6. The van der Waals surface area contributed by atoms with Gasteiger partial charge in [-0.15, -0.1) is 11.3 Å². The lowest BCUT2D eigenvalue weighted by Gasteiger charge is -2.41. The lowest BCUT2D eigenvalue weighted by molar-refractivity contribution is -0.134. The summed E-state index contributed by atoms with van der Waals surface area (Å²) in [5.41, 5.74) is 1.97. The molecule has 0 radical (unpaired) electrons. The van der Waals surface area contributed by atoms with Crippen molar-refractivity contribution >= 4 is 45.5 Å². The highest BCUT2D eigenvalue weighted by atomic mass is 32.1. The van der Waals surface area contributed by atoms with Crippen molar-refractivity contribution in [2.24, 2.45) is 4.99 Å². The molecule has 2 aliphatic heterocycles. The van der Waals surface area contributed by atoms with E-state index < -0.39 is 23.0 Å². The van der Waals surface area contributed by atoms with Crippen LogP contribution in [0.25, 0.3) is 0 Å². The number of alkyl halides is 3. The summed E-state index contributed by atoms with van der Waals surface area (Å²) < 4.78 is 45.5. The van der Waals surface area contributed by atoms with Gasteiger partial charge < -0.3 is 25.2 Å². The number of thiophene rings is 1. The molecule has 9 nitrogen and oxygen atoms in total. The lowest BCUT2D eigenvalue weighted by Crippen LogP contribution is -2.53. The van der Waals surface area contributed by atoms with E-state index in [0.29, 0.717) is 41.2 Å². The summed E-state index contributed by atoms with van der Waals surface area (Å²) in [6.07, 6.45) is -1.36. The first kappa shape index (κ1) is 29.1. The highest BCUT2D eigenvalue weighted by Crippen LogP contribution is 2.44. The number of hydrogen-bond acceptors (Lipinski definition) is 8. The minimum absolute atomic E-state index is 0.298. The van der Waals surface area contributed by atoms with Gasteiger partial charge in [0.25, 0.3) is 0 Å². The Morgan fingerprint density at radius 2 is 1.89 bits per heavy atom. The minimum Gasteiger partial charge on any atom is -0.478 e. The number of halogens is 3. The molecule has 3 heterocycles. The number of nitrogens with one attached hydrogen (secondary N) is 1.